The molecule has 1 heterocycles. The number of aromatic nitrogens is 2. The van der Waals surface area contributed by atoms with E-state index in [9.17, 15) is 0 Å². The molecule has 0 saturated carbocycles. The van der Waals surface area contributed by atoms with E-state index >= 15 is 0 Å². The van der Waals surface area contributed by atoms with Crippen LogP contribution in [0.25, 0.3) is 0 Å². The summed E-state index contributed by atoms with van der Waals surface area (Å²) in [5.74, 6) is 6.98. The number of hydrazine groups is 1. The largest absolute Gasteiger partial charge is 0.308 e. The van der Waals surface area contributed by atoms with Crippen LogP contribution in [0.2, 0.25) is 0 Å². The molecule has 1 aromatic heterocycles. The van der Waals surface area contributed by atoms with E-state index in [2.05, 4.69) is 36.2 Å². The second kappa shape index (κ2) is 4.14. The summed E-state index contributed by atoms with van der Waals surface area (Å²) in [5.41, 5.74) is 4.79. The summed E-state index contributed by atoms with van der Waals surface area (Å²) in [6, 6.07) is 0. The number of hydrogen-bond donors (Lipinski definition) is 2. The van der Waals surface area contributed by atoms with E-state index in [4.69, 9.17) is 5.84 Å². The molecule has 1 rings (SSSR count). The molecular formula is C11H20N4. The topological polar surface area (TPSA) is 63.8 Å². The summed E-state index contributed by atoms with van der Waals surface area (Å²) < 4.78 is 0. The second-order valence-electron chi connectivity index (χ2n) is 5.08. The molecule has 84 valence electrons. The molecule has 0 spiro atoms. The lowest BCUT2D eigenvalue weighted by atomic mass is 9.92. The highest BCUT2D eigenvalue weighted by atomic mass is 15.3. The van der Waals surface area contributed by atoms with Crippen molar-refractivity contribution in [3.8, 4) is 0 Å². The van der Waals surface area contributed by atoms with Crippen molar-refractivity contribution in [2.45, 2.75) is 41.0 Å². The molecule has 0 bridgehead atoms. The van der Waals surface area contributed by atoms with Crippen molar-refractivity contribution in [2.24, 2.45) is 11.3 Å². The molecule has 1 aromatic rings. The van der Waals surface area contributed by atoms with Gasteiger partial charge in [0.2, 0.25) is 0 Å². The molecule has 0 aliphatic heterocycles. The maximum atomic E-state index is 5.41. The fourth-order valence-corrected chi connectivity index (χ4v) is 1.38. The zero-order valence-electron chi connectivity index (χ0n) is 10.2. The molecule has 0 atom stereocenters. The molecule has 0 aliphatic rings. The van der Waals surface area contributed by atoms with Gasteiger partial charge in [0, 0.05) is 17.7 Å². The van der Waals surface area contributed by atoms with E-state index in [0.29, 0.717) is 0 Å². The Morgan fingerprint density at radius 2 is 1.80 bits per heavy atom. The van der Waals surface area contributed by atoms with Crippen LogP contribution < -0.4 is 11.3 Å². The lowest BCUT2D eigenvalue weighted by Gasteiger charge is -2.18. The Bertz CT molecular complexity index is 352. The van der Waals surface area contributed by atoms with E-state index in [0.717, 1.165) is 29.3 Å². The van der Waals surface area contributed by atoms with Crippen molar-refractivity contribution in [3.05, 3.63) is 17.1 Å². The first kappa shape index (κ1) is 11.9. The summed E-state index contributed by atoms with van der Waals surface area (Å²) in [6.07, 6.45) is 0.850. The molecule has 3 N–H and O–H groups in total. The average molecular weight is 208 g/mol. The summed E-state index contributed by atoms with van der Waals surface area (Å²) in [5, 5.41) is 0. The van der Waals surface area contributed by atoms with Crippen LogP contribution >= 0.6 is 0 Å². The molecular weight excluding hydrogens is 188 g/mol. The highest BCUT2D eigenvalue weighted by molar-refractivity contribution is 5.44. The summed E-state index contributed by atoms with van der Waals surface area (Å²) in [7, 11) is 0. The van der Waals surface area contributed by atoms with Gasteiger partial charge in [-0.1, -0.05) is 20.8 Å². The Hall–Kier alpha value is -1.16. The van der Waals surface area contributed by atoms with Crippen LogP contribution in [-0.2, 0) is 6.42 Å². The summed E-state index contributed by atoms with van der Waals surface area (Å²) >= 11 is 0. The van der Waals surface area contributed by atoms with Crippen LogP contribution in [0, 0.1) is 19.3 Å². The van der Waals surface area contributed by atoms with Crippen molar-refractivity contribution in [1.29, 1.82) is 0 Å². The van der Waals surface area contributed by atoms with Crippen molar-refractivity contribution in [2.75, 3.05) is 5.43 Å². The van der Waals surface area contributed by atoms with Crippen molar-refractivity contribution in [1.82, 2.24) is 9.97 Å². The molecule has 0 unspecified atom stereocenters. The number of nitrogens with one attached hydrogen (secondary N) is 1. The number of nitrogen functional groups attached to an aromatic ring is 1. The fraction of sp³-hybridized carbons (Fsp3) is 0.636. The minimum atomic E-state index is 0.188. The van der Waals surface area contributed by atoms with Gasteiger partial charge in [-0.25, -0.2) is 15.8 Å². The Morgan fingerprint density at radius 1 is 1.20 bits per heavy atom. The molecule has 4 nitrogen and oxygen atoms in total. The minimum Gasteiger partial charge on any atom is -0.308 e. The highest BCUT2D eigenvalue weighted by Crippen LogP contribution is 2.21. The van der Waals surface area contributed by atoms with Gasteiger partial charge in [0.25, 0.3) is 0 Å². The third-order valence-corrected chi connectivity index (χ3v) is 2.26. The zero-order valence-corrected chi connectivity index (χ0v) is 10.2. The number of nitrogens with zero attached hydrogens (tertiary/aromatic N) is 2. The van der Waals surface area contributed by atoms with E-state index in [1.54, 1.807) is 0 Å². The highest BCUT2D eigenvalue weighted by Gasteiger charge is 2.15. The van der Waals surface area contributed by atoms with Crippen LogP contribution in [0.15, 0.2) is 0 Å². The number of aryl methyl sites for hydroxylation is 1. The van der Waals surface area contributed by atoms with E-state index in [-0.39, 0.29) is 5.41 Å². The van der Waals surface area contributed by atoms with Crippen LogP contribution in [0.4, 0.5) is 5.82 Å². The maximum absolute atomic E-state index is 5.41. The Balaban J connectivity index is 3.06. The first-order valence-electron chi connectivity index (χ1n) is 5.14. The van der Waals surface area contributed by atoms with Gasteiger partial charge in [-0.2, -0.15) is 0 Å². The van der Waals surface area contributed by atoms with E-state index in [1.165, 1.54) is 0 Å². The molecule has 0 amide bonds. The molecule has 0 radical (unpaired) electrons. The lowest BCUT2D eigenvalue weighted by Crippen LogP contribution is -2.17. The molecule has 0 saturated heterocycles. The van der Waals surface area contributed by atoms with Crippen molar-refractivity contribution < 1.29 is 0 Å². The molecule has 0 fully saturated rings. The van der Waals surface area contributed by atoms with Gasteiger partial charge in [0.05, 0.1) is 0 Å². The van der Waals surface area contributed by atoms with Gasteiger partial charge in [-0.3, -0.25) is 0 Å². The predicted octanol–water partition coefficient (Wildman–Crippen LogP) is 1.97. The lowest BCUT2D eigenvalue weighted by molar-refractivity contribution is 0.400. The Morgan fingerprint density at radius 3 is 2.27 bits per heavy atom. The second-order valence-corrected chi connectivity index (χ2v) is 5.08. The third-order valence-electron chi connectivity index (χ3n) is 2.26. The van der Waals surface area contributed by atoms with Crippen molar-refractivity contribution in [3.63, 3.8) is 0 Å². The molecule has 0 aliphatic carbocycles. The monoisotopic (exact) mass is 208 g/mol. The summed E-state index contributed by atoms with van der Waals surface area (Å²) in [6.45, 7) is 10.4. The van der Waals surface area contributed by atoms with Gasteiger partial charge in [-0.15, -0.1) is 0 Å². The minimum absolute atomic E-state index is 0.188. The number of anilines is 1. The standard InChI is InChI=1S/C11H20N4/c1-7-8(2)13-9(6-11(3,4)5)14-10(7)15-12/h6,12H2,1-5H3,(H,13,14,15). The Labute approximate surface area is 91.3 Å². The molecule has 0 aromatic carbocycles. The zero-order chi connectivity index (χ0) is 11.6. The SMILES string of the molecule is Cc1nc(CC(C)(C)C)nc(NN)c1C. The van der Waals surface area contributed by atoms with Gasteiger partial charge in [-0.05, 0) is 19.3 Å². The van der Waals surface area contributed by atoms with Crippen LogP contribution in [0.5, 0.6) is 0 Å². The smallest absolute Gasteiger partial charge is 0.146 e. The maximum Gasteiger partial charge on any atom is 0.146 e. The first-order valence-corrected chi connectivity index (χ1v) is 5.14. The van der Waals surface area contributed by atoms with Gasteiger partial charge < -0.3 is 5.43 Å². The fourth-order valence-electron chi connectivity index (χ4n) is 1.38. The third kappa shape index (κ3) is 3.16. The normalized spacial score (nSPS) is 11.6. The number of nitrogens with two attached hydrogens (primary N) is 1. The molecule has 4 heteroatoms. The Kier molecular flexibility index (Phi) is 3.29. The molecule has 15 heavy (non-hydrogen) atoms. The predicted molar refractivity (Wildman–Crippen MR) is 62.5 cm³/mol. The van der Waals surface area contributed by atoms with Crippen LogP contribution in [0.3, 0.4) is 0 Å². The number of rotatable bonds is 2. The average Bonchev–Trinajstić information content (AvgIpc) is 2.08. The first-order chi connectivity index (χ1) is 6.83. The van der Waals surface area contributed by atoms with Crippen LogP contribution in [0.1, 0.15) is 37.9 Å². The number of hydrogen-bond acceptors (Lipinski definition) is 4. The quantitative estimate of drug-likeness (QED) is 0.576. The van der Waals surface area contributed by atoms with Crippen LogP contribution in [-0.4, -0.2) is 9.97 Å². The van der Waals surface area contributed by atoms with E-state index < -0.39 is 0 Å². The van der Waals surface area contributed by atoms with Gasteiger partial charge >= 0.3 is 0 Å². The van der Waals surface area contributed by atoms with Gasteiger partial charge in [0.15, 0.2) is 0 Å². The van der Waals surface area contributed by atoms with Crippen molar-refractivity contribution >= 4 is 5.82 Å². The summed E-state index contributed by atoms with van der Waals surface area (Å²) in [4.78, 5) is 8.85. The van der Waals surface area contributed by atoms with Gasteiger partial charge in [0.1, 0.15) is 11.6 Å². The van der Waals surface area contributed by atoms with E-state index in [1.807, 2.05) is 13.8 Å².